The monoisotopic (exact) mass is 342 g/mol. The molecule has 0 saturated carbocycles. The zero-order valence-electron chi connectivity index (χ0n) is 12.2. The number of hydrogen-bond donors (Lipinski definition) is 1. The van der Waals surface area contributed by atoms with Crippen LogP contribution in [0.25, 0.3) is 0 Å². The quantitative estimate of drug-likeness (QED) is 0.897. The molecule has 0 unspecified atom stereocenters. The van der Waals surface area contributed by atoms with Crippen LogP contribution < -0.4 is 5.32 Å². The maximum absolute atomic E-state index is 12.1. The van der Waals surface area contributed by atoms with Crippen LogP contribution in [0.2, 0.25) is 0 Å². The van der Waals surface area contributed by atoms with Crippen LogP contribution in [0, 0.1) is 6.92 Å². The lowest BCUT2D eigenvalue weighted by atomic mass is 9.98. The standard InChI is InChI=1S/C13H19BrN4O2/c1-5-18-9(11(14)8(2)16-18)7-17-10(19)6-15-12(20)13(17,3)4/h5-7H2,1-4H3,(H,15,20). The fourth-order valence-electron chi connectivity index (χ4n) is 2.36. The van der Waals surface area contributed by atoms with Crippen molar-refractivity contribution >= 4 is 27.7 Å². The number of carbonyl (C=O) groups excluding carboxylic acids is 2. The second kappa shape index (κ2) is 5.20. The molecule has 1 aromatic rings. The van der Waals surface area contributed by atoms with Crippen molar-refractivity contribution in [3.05, 3.63) is 15.9 Å². The minimum atomic E-state index is -0.856. The molecule has 1 fully saturated rings. The summed E-state index contributed by atoms with van der Waals surface area (Å²) in [5.41, 5.74) is 0.945. The van der Waals surface area contributed by atoms with E-state index in [2.05, 4.69) is 26.3 Å². The number of carbonyl (C=O) groups is 2. The number of piperazine rings is 1. The highest BCUT2D eigenvalue weighted by molar-refractivity contribution is 9.10. The van der Waals surface area contributed by atoms with Crippen LogP contribution in [-0.2, 0) is 22.7 Å². The lowest BCUT2D eigenvalue weighted by Gasteiger charge is -2.41. The highest BCUT2D eigenvalue weighted by atomic mass is 79.9. The van der Waals surface area contributed by atoms with E-state index in [1.165, 1.54) is 0 Å². The normalized spacial score (nSPS) is 18.4. The van der Waals surface area contributed by atoms with Gasteiger partial charge in [0.25, 0.3) is 0 Å². The van der Waals surface area contributed by atoms with Crippen LogP contribution in [0.5, 0.6) is 0 Å². The largest absolute Gasteiger partial charge is 0.345 e. The van der Waals surface area contributed by atoms with Gasteiger partial charge in [0, 0.05) is 6.54 Å². The molecule has 0 atom stereocenters. The predicted octanol–water partition coefficient (Wildman–Crippen LogP) is 1.21. The van der Waals surface area contributed by atoms with E-state index in [4.69, 9.17) is 0 Å². The third-order valence-electron chi connectivity index (χ3n) is 3.69. The summed E-state index contributed by atoms with van der Waals surface area (Å²) in [4.78, 5) is 25.7. The van der Waals surface area contributed by atoms with Crippen molar-refractivity contribution in [3.8, 4) is 0 Å². The first-order valence-electron chi connectivity index (χ1n) is 6.59. The molecular weight excluding hydrogens is 324 g/mol. The molecule has 110 valence electrons. The Morgan fingerprint density at radius 3 is 2.65 bits per heavy atom. The predicted molar refractivity (Wildman–Crippen MR) is 78.0 cm³/mol. The summed E-state index contributed by atoms with van der Waals surface area (Å²) in [6.45, 7) is 8.57. The molecular formula is C13H19BrN4O2. The van der Waals surface area contributed by atoms with Crippen molar-refractivity contribution < 1.29 is 9.59 Å². The first kappa shape index (κ1) is 15.0. The van der Waals surface area contributed by atoms with E-state index < -0.39 is 5.54 Å². The summed E-state index contributed by atoms with van der Waals surface area (Å²) < 4.78 is 2.75. The van der Waals surface area contributed by atoms with Gasteiger partial charge in [-0.3, -0.25) is 14.3 Å². The molecule has 2 amide bonds. The van der Waals surface area contributed by atoms with Gasteiger partial charge >= 0.3 is 0 Å². The maximum Gasteiger partial charge on any atom is 0.245 e. The summed E-state index contributed by atoms with van der Waals surface area (Å²) in [6.07, 6.45) is 0. The molecule has 7 heteroatoms. The van der Waals surface area contributed by atoms with E-state index >= 15 is 0 Å². The van der Waals surface area contributed by atoms with Gasteiger partial charge in [-0.15, -0.1) is 0 Å². The van der Waals surface area contributed by atoms with Crippen molar-refractivity contribution in [2.24, 2.45) is 0 Å². The summed E-state index contributed by atoms with van der Waals surface area (Å²) in [7, 11) is 0. The summed E-state index contributed by atoms with van der Waals surface area (Å²) >= 11 is 3.52. The highest BCUT2D eigenvalue weighted by Gasteiger charge is 2.42. The average molecular weight is 343 g/mol. The number of amides is 2. The van der Waals surface area contributed by atoms with E-state index in [1.807, 2.05) is 18.5 Å². The van der Waals surface area contributed by atoms with Gasteiger partial charge in [-0.1, -0.05) is 0 Å². The number of hydrogen-bond acceptors (Lipinski definition) is 3. The number of nitrogens with zero attached hydrogens (tertiary/aromatic N) is 3. The second-order valence-corrected chi connectivity index (χ2v) is 6.18. The molecule has 6 nitrogen and oxygen atoms in total. The smallest absolute Gasteiger partial charge is 0.245 e. The Labute approximate surface area is 126 Å². The molecule has 1 aliphatic heterocycles. The number of halogens is 1. The average Bonchev–Trinajstić information content (AvgIpc) is 2.66. The zero-order valence-corrected chi connectivity index (χ0v) is 13.7. The van der Waals surface area contributed by atoms with E-state index in [0.717, 1.165) is 22.4 Å². The van der Waals surface area contributed by atoms with Gasteiger partial charge in [-0.2, -0.15) is 5.10 Å². The summed E-state index contributed by atoms with van der Waals surface area (Å²) in [5, 5.41) is 7.04. The molecule has 0 aromatic carbocycles. The Kier molecular flexibility index (Phi) is 3.90. The van der Waals surface area contributed by atoms with Crippen LogP contribution in [0.15, 0.2) is 4.47 Å². The number of nitrogens with one attached hydrogen (secondary N) is 1. The fourth-order valence-corrected chi connectivity index (χ4v) is 2.77. The lowest BCUT2D eigenvalue weighted by Crippen LogP contribution is -2.64. The van der Waals surface area contributed by atoms with Crippen LogP contribution in [0.4, 0.5) is 0 Å². The third-order valence-corrected chi connectivity index (χ3v) is 4.72. The van der Waals surface area contributed by atoms with Gasteiger partial charge in [0.2, 0.25) is 11.8 Å². The minimum Gasteiger partial charge on any atom is -0.345 e. The number of aryl methyl sites for hydroxylation is 2. The fraction of sp³-hybridized carbons (Fsp3) is 0.615. The SMILES string of the molecule is CCn1nc(C)c(Br)c1CN1C(=O)CNC(=O)C1(C)C. The van der Waals surface area contributed by atoms with Gasteiger partial charge in [0.05, 0.1) is 29.0 Å². The first-order valence-corrected chi connectivity index (χ1v) is 7.38. The molecule has 1 N–H and O–H groups in total. The van der Waals surface area contributed by atoms with E-state index in [-0.39, 0.29) is 18.4 Å². The van der Waals surface area contributed by atoms with Crippen molar-refractivity contribution in [1.29, 1.82) is 0 Å². The number of rotatable bonds is 3. The molecule has 0 radical (unpaired) electrons. The molecule has 1 aromatic heterocycles. The molecule has 2 rings (SSSR count). The molecule has 0 aliphatic carbocycles. The van der Waals surface area contributed by atoms with Crippen LogP contribution in [0.3, 0.4) is 0 Å². The Bertz CT molecular complexity index is 565. The maximum atomic E-state index is 12.1. The minimum absolute atomic E-state index is 0.0547. The zero-order chi connectivity index (χ0) is 15.1. The first-order chi connectivity index (χ1) is 9.28. The topological polar surface area (TPSA) is 67.2 Å². The molecule has 2 heterocycles. The van der Waals surface area contributed by atoms with Crippen LogP contribution >= 0.6 is 15.9 Å². The number of aromatic nitrogens is 2. The molecule has 20 heavy (non-hydrogen) atoms. The Balaban J connectivity index is 2.37. The van der Waals surface area contributed by atoms with E-state index in [9.17, 15) is 9.59 Å². The van der Waals surface area contributed by atoms with E-state index in [0.29, 0.717) is 6.54 Å². The molecule has 1 saturated heterocycles. The second-order valence-electron chi connectivity index (χ2n) is 5.38. The Morgan fingerprint density at radius 1 is 1.40 bits per heavy atom. The highest BCUT2D eigenvalue weighted by Crippen LogP contribution is 2.27. The molecule has 0 spiro atoms. The van der Waals surface area contributed by atoms with Crippen molar-refractivity contribution in [1.82, 2.24) is 20.0 Å². The van der Waals surface area contributed by atoms with Gasteiger partial charge < -0.3 is 10.2 Å². The van der Waals surface area contributed by atoms with Crippen molar-refractivity contribution in [2.75, 3.05) is 6.54 Å². The summed E-state index contributed by atoms with van der Waals surface area (Å²) in [6, 6.07) is 0. The lowest BCUT2D eigenvalue weighted by molar-refractivity contribution is -0.152. The van der Waals surface area contributed by atoms with Gasteiger partial charge in [-0.05, 0) is 43.6 Å². The Morgan fingerprint density at radius 2 is 2.05 bits per heavy atom. The van der Waals surface area contributed by atoms with Crippen molar-refractivity contribution in [3.63, 3.8) is 0 Å². The van der Waals surface area contributed by atoms with Gasteiger partial charge in [0.1, 0.15) is 5.54 Å². The summed E-state index contributed by atoms with van der Waals surface area (Å²) in [5.74, 6) is -0.212. The van der Waals surface area contributed by atoms with E-state index in [1.54, 1.807) is 18.7 Å². The molecule has 0 bridgehead atoms. The molecule has 1 aliphatic rings. The Hall–Kier alpha value is -1.37. The third kappa shape index (κ3) is 2.34. The van der Waals surface area contributed by atoms with Crippen LogP contribution in [-0.4, -0.2) is 38.6 Å². The van der Waals surface area contributed by atoms with Crippen LogP contribution in [0.1, 0.15) is 32.2 Å². The van der Waals surface area contributed by atoms with Gasteiger partial charge in [0.15, 0.2) is 0 Å². The van der Waals surface area contributed by atoms with Crippen molar-refractivity contribution in [2.45, 2.75) is 46.3 Å². The van der Waals surface area contributed by atoms with Gasteiger partial charge in [-0.25, -0.2) is 0 Å².